The smallest absolute Gasteiger partial charge is 0.293 e. The molecular weight excluding hydrogens is 230 g/mol. The summed E-state index contributed by atoms with van der Waals surface area (Å²) in [5.41, 5.74) is 1.06. The second-order valence-electron chi connectivity index (χ2n) is 4.34. The summed E-state index contributed by atoms with van der Waals surface area (Å²) in [5, 5.41) is 15.9. The maximum Gasteiger partial charge on any atom is 0.293 e. The SMILES string of the molecule is CC(C)C(NC(=O)c1nn[nH]n1)c1ccccc1. The third-order valence-corrected chi connectivity index (χ3v) is 2.66. The fourth-order valence-electron chi connectivity index (χ4n) is 1.76. The van der Waals surface area contributed by atoms with Crippen molar-refractivity contribution in [3.05, 3.63) is 41.7 Å². The van der Waals surface area contributed by atoms with Gasteiger partial charge in [-0.2, -0.15) is 5.21 Å². The molecule has 1 aromatic heterocycles. The van der Waals surface area contributed by atoms with Crippen LogP contribution in [0.4, 0.5) is 0 Å². The summed E-state index contributed by atoms with van der Waals surface area (Å²) in [7, 11) is 0. The number of hydrogen-bond acceptors (Lipinski definition) is 4. The number of nitrogens with one attached hydrogen (secondary N) is 2. The predicted octanol–water partition coefficient (Wildman–Crippen LogP) is 1.33. The van der Waals surface area contributed by atoms with E-state index in [2.05, 4.69) is 25.9 Å². The first-order valence-corrected chi connectivity index (χ1v) is 5.77. The molecule has 94 valence electrons. The van der Waals surface area contributed by atoms with Crippen LogP contribution in [0, 0.1) is 5.92 Å². The van der Waals surface area contributed by atoms with Crippen LogP contribution >= 0.6 is 0 Å². The molecule has 1 unspecified atom stereocenters. The van der Waals surface area contributed by atoms with Gasteiger partial charge in [-0.05, 0) is 16.7 Å². The van der Waals surface area contributed by atoms with Crippen LogP contribution in [-0.2, 0) is 0 Å². The number of aromatic nitrogens is 4. The average Bonchev–Trinajstić information content (AvgIpc) is 2.90. The van der Waals surface area contributed by atoms with Gasteiger partial charge in [-0.15, -0.1) is 10.2 Å². The summed E-state index contributed by atoms with van der Waals surface area (Å²) >= 11 is 0. The Balaban J connectivity index is 2.15. The van der Waals surface area contributed by atoms with E-state index in [-0.39, 0.29) is 23.7 Å². The van der Waals surface area contributed by atoms with Crippen molar-refractivity contribution in [2.45, 2.75) is 19.9 Å². The maximum absolute atomic E-state index is 11.9. The van der Waals surface area contributed by atoms with Crippen molar-refractivity contribution in [3.63, 3.8) is 0 Å². The molecule has 2 rings (SSSR count). The van der Waals surface area contributed by atoms with E-state index in [9.17, 15) is 4.79 Å². The largest absolute Gasteiger partial charge is 0.342 e. The molecule has 0 saturated heterocycles. The van der Waals surface area contributed by atoms with E-state index >= 15 is 0 Å². The monoisotopic (exact) mass is 245 g/mol. The summed E-state index contributed by atoms with van der Waals surface area (Å²) in [6, 6.07) is 9.75. The van der Waals surface area contributed by atoms with Crippen LogP contribution < -0.4 is 5.32 Å². The van der Waals surface area contributed by atoms with Crippen molar-refractivity contribution in [1.82, 2.24) is 25.9 Å². The van der Waals surface area contributed by atoms with E-state index in [1.807, 2.05) is 44.2 Å². The lowest BCUT2D eigenvalue weighted by Crippen LogP contribution is -2.32. The number of amides is 1. The molecule has 0 fully saturated rings. The van der Waals surface area contributed by atoms with Crippen LogP contribution in [0.5, 0.6) is 0 Å². The van der Waals surface area contributed by atoms with Crippen LogP contribution in [0.2, 0.25) is 0 Å². The molecular formula is C12H15N5O. The average molecular weight is 245 g/mol. The Morgan fingerprint density at radius 3 is 2.56 bits per heavy atom. The van der Waals surface area contributed by atoms with Crippen LogP contribution in [0.1, 0.15) is 36.1 Å². The molecule has 0 spiro atoms. The Morgan fingerprint density at radius 1 is 1.28 bits per heavy atom. The van der Waals surface area contributed by atoms with Gasteiger partial charge in [0.25, 0.3) is 11.7 Å². The van der Waals surface area contributed by atoms with Crippen LogP contribution in [-0.4, -0.2) is 26.5 Å². The number of hydrogen-bond donors (Lipinski definition) is 2. The second kappa shape index (κ2) is 5.39. The van der Waals surface area contributed by atoms with Crippen molar-refractivity contribution in [1.29, 1.82) is 0 Å². The number of carbonyl (C=O) groups excluding carboxylic acids is 1. The zero-order valence-corrected chi connectivity index (χ0v) is 10.3. The summed E-state index contributed by atoms with van der Waals surface area (Å²) in [5.74, 6) is -0.00821. The van der Waals surface area contributed by atoms with Crippen LogP contribution in [0.15, 0.2) is 30.3 Å². The van der Waals surface area contributed by atoms with Crippen molar-refractivity contribution in [2.24, 2.45) is 5.92 Å². The summed E-state index contributed by atoms with van der Waals surface area (Å²) in [4.78, 5) is 11.9. The number of H-pyrrole nitrogens is 1. The number of carbonyl (C=O) groups is 1. The minimum atomic E-state index is -0.327. The lowest BCUT2D eigenvalue weighted by molar-refractivity contribution is 0.0915. The fourth-order valence-corrected chi connectivity index (χ4v) is 1.76. The molecule has 0 radical (unpaired) electrons. The van der Waals surface area contributed by atoms with E-state index in [0.29, 0.717) is 0 Å². The van der Waals surface area contributed by atoms with Crippen molar-refractivity contribution >= 4 is 5.91 Å². The standard InChI is InChI=1S/C12H15N5O/c1-8(2)10(9-6-4-3-5-7-9)13-12(18)11-14-16-17-15-11/h3-8,10H,1-2H3,(H,13,18)(H,14,15,16,17). The lowest BCUT2D eigenvalue weighted by atomic mass is 9.96. The van der Waals surface area contributed by atoms with Crippen LogP contribution in [0.25, 0.3) is 0 Å². The Bertz CT molecular complexity index is 494. The van der Waals surface area contributed by atoms with Crippen molar-refractivity contribution in [3.8, 4) is 0 Å². The molecule has 2 N–H and O–H groups in total. The molecule has 0 aliphatic rings. The van der Waals surface area contributed by atoms with Gasteiger partial charge in [0.1, 0.15) is 0 Å². The van der Waals surface area contributed by atoms with Gasteiger partial charge in [0.05, 0.1) is 6.04 Å². The summed E-state index contributed by atoms with van der Waals surface area (Å²) in [6.07, 6.45) is 0. The summed E-state index contributed by atoms with van der Waals surface area (Å²) in [6.45, 7) is 4.10. The summed E-state index contributed by atoms with van der Waals surface area (Å²) < 4.78 is 0. The second-order valence-corrected chi connectivity index (χ2v) is 4.34. The first-order chi connectivity index (χ1) is 8.68. The van der Waals surface area contributed by atoms with E-state index in [0.717, 1.165) is 5.56 Å². The van der Waals surface area contributed by atoms with Gasteiger partial charge in [-0.3, -0.25) is 4.79 Å². The Morgan fingerprint density at radius 2 is 2.00 bits per heavy atom. The molecule has 1 amide bonds. The maximum atomic E-state index is 11.9. The first kappa shape index (κ1) is 12.2. The van der Waals surface area contributed by atoms with Crippen molar-refractivity contribution < 1.29 is 4.79 Å². The first-order valence-electron chi connectivity index (χ1n) is 5.77. The van der Waals surface area contributed by atoms with E-state index < -0.39 is 0 Å². The minimum absolute atomic E-state index is 0.0524. The van der Waals surface area contributed by atoms with Crippen LogP contribution in [0.3, 0.4) is 0 Å². The van der Waals surface area contributed by atoms with Gasteiger partial charge in [-0.1, -0.05) is 44.2 Å². The molecule has 0 aliphatic heterocycles. The zero-order chi connectivity index (χ0) is 13.0. The van der Waals surface area contributed by atoms with Gasteiger partial charge in [-0.25, -0.2) is 0 Å². The third kappa shape index (κ3) is 2.71. The molecule has 0 bridgehead atoms. The highest BCUT2D eigenvalue weighted by Gasteiger charge is 2.20. The molecule has 1 heterocycles. The minimum Gasteiger partial charge on any atom is -0.342 e. The molecule has 0 aliphatic carbocycles. The molecule has 6 heteroatoms. The number of benzene rings is 1. The number of aromatic amines is 1. The van der Waals surface area contributed by atoms with Gasteiger partial charge >= 0.3 is 0 Å². The Hall–Kier alpha value is -2.24. The third-order valence-electron chi connectivity index (χ3n) is 2.66. The van der Waals surface area contributed by atoms with Gasteiger partial charge in [0.2, 0.25) is 0 Å². The highest BCUT2D eigenvalue weighted by Crippen LogP contribution is 2.21. The topological polar surface area (TPSA) is 83.6 Å². The highest BCUT2D eigenvalue weighted by atomic mass is 16.2. The van der Waals surface area contributed by atoms with Gasteiger partial charge in [0.15, 0.2) is 0 Å². The molecule has 2 aromatic rings. The van der Waals surface area contributed by atoms with Gasteiger partial charge < -0.3 is 5.32 Å². The van der Waals surface area contributed by atoms with E-state index in [1.54, 1.807) is 0 Å². The number of tetrazole rings is 1. The zero-order valence-electron chi connectivity index (χ0n) is 10.3. The van der Waals surface area contributed by atoms with E-state index in [4.69, 9.17) is 0 Å². The molecule has 0 saturated carbocycles. The Kier molecular flexibility index (Phi) is 3.66. The number of rotatable bonds is 4. The lowest BCUT2D eigenvalue weighted by Gasteiger charge is -2.22. The molecule has 6 nitrogen and oxygen atoms in total. The highest BCUT2D eigenvalue weighted by molar-refractivity contribution is 5.90. The molecule has 1 aromatic carbocycles. The molecule has 1 atom stereocenters. The molecule has 18 heavy (non-hydrogen) atoms. The predicted molar refractivity (Wildman–Crippen MR) is 65.7 cm³/mol. The number of nitrogens with zero attached hydrogens (tertiary/aromatic N) is 3. The fraction of sp³-hybridized carbons (Fsp3) is 0.333. The van der Waals surface area contributed by atoms with Gasteiger partial charge in [0, 0.05) is 0 Å². The normalized spacial score (nSPS) is 12.4. The Labute approximate surface area is 105 Å². The van der Waals surface area contributed by atoms with E-state index in [1.165, 1.54) is 0 Å². The van der Waals surface area contributed by atoms with Crippen molar-refractivity contribution in [2.75, 3.05) is 0 Å². The quantitative estimate of drug-likeness (QED) is 0.851.